The van der Waals surface area contributed by atoms with Crippen LogP contribution in [0.4, 0.5) is 0 Å². The molecule has 1 saturated carbocycles. The van der Waals surface area contributed by atoms with Crippen LogP contribution in [0.2, 0.25) is 0 Å². The van der Waals surface area contributed by atoms with Gasteiger partial charge in [0.15, 0.2) is 5.78 Å². The van der Waals surface area contributed by atoms with Crippen LogP contribution in [-0.4, -0.2) is 10.8 Å². The minimum Gasteiger partial charge on any atom is -0.360 e. The summed E-state index contributed by atoms with van der Waals surface area (Å²) in [5.74, 6) is -1.27. The first kappa shape index (κ1) is 14.2. The predicted octanol–water partition coefficient (Wildman–Crippen LogP) is 3.80. The topological polar surface area (TPSA) is 80.4 Å². The average molecular weight is 311 g/mol. The highest BCUT2D eigenvalue weighted by Gasteiger charge is 2.71. The van der Waals surface area contributed by atoms with Crippen LogP contribution in [0.15, 0.2) is 60.8 Å². The fraction of sp³-hybridized carbons (Fsp3) is 0.150. The van der Waals surface area contributed by atoms with E-state index in [0.29, 0.717) is 5.56 Å². The third kappa shape index (κ3) is 1.74. The van der Waals surface area contributed by atoms with Gasteiger partial charge in [-0.2, -0.15) is 10.5 Å². The number of rotatable bonds is 3. The molecule has 2 aromatic carbocycles. The zero-order valence-electron chi connectivity index (χ0n) is 12.7. The number of aromatic amines is 1. The molecule has 0 radical (unpaired) electrons. The van der Waals surface area contributed by atoms with Crippen LogP contribution in [0.5, 0.6) is 0 Å². The number of Topliss-reactive ketones (excluding diaryl/α,β-unsaturated/α-hetero) is 1. The van der Waals surface area contributed by atoms with Crippen LogP contribution in [0.3, 0.4) is 0 Å². The van der Waals surface area contributed by atoms with Crippen molar-refractivity contribution in [3.8, 4) is 12.1 Å². The fourth-order valence-corrected chi connectivity index (χ4v) is 3.63. The normalized spacial score (nSPS) is 24.9. The van der Waals surface area contributed by atoms with E-state index in [1.807, 2.05) is 54.6 Å². The van der Waals surface area contributed by atoms with Crippen LogP contribution >= 0.6 is 0 Å². The second-order valence-electron chi connectivity index (χ2n) is 6.05. The first-order valence-electron chi connectivity index (χ1n) is 7.70. The summed E-state index contributed by atoms with van der Waals surface area (Å²) in [5, 5.41) is 20.1. The second kappa shape index (κ2) is 5.08. The van der Waals surface area contributed by atoms with Crippen molar-refractivity contribution in [1.82, 2.24) is 4.98 Å². The lowest BCUT2D eigenvalue weighted by Crippen LogP contribution is -2.17. The molecule has 1 aromatic heterocycles. The number of benzene rings is 2. The lowest BCUT2D eigenvalue weighted by molar-refractivity contribution is 0.0928. The molecule has 4 rings (SSSR count). The highest BCUT2D eigenvalue weighted by Crippen LogP contribution is 2.65. The molecular weight excluding hydrogens is 298 g/mol. The van der Waals surface area contributed by atoms with Crippen molar-refractivity contribution in [1.29, 1.82) is 10.5 Å². The van der Waals surface area contributed by atoms with Crippen molar-refractivity contribution >= 4 is 16.7 Å². The van der Waals surface area contributed by atoms with E-state index in [-0.39, 0.29) is 11.7 Å². The number of nitriles is 2. The van der Waals surface area contributed by atoms with E-state index >= 15 is 0 Å². The van der Waals surface area contributed by atoms with Crippen LogP contribution < -0.4 is 0 Å². The number of carbonyl (C=O) groups is 1. The molecule has 4 nitrogen and oxygen atoms in total. The largest absolute Gasteiger partial charge is 0.360 e. The Morgan fingerprint density at radius 1 is 1.04 bits per heavy atom. The molecule has 1 aliphatic carbocycles. The molecule has 1 aliphatic rings. The molecule has 1 fully saturated rings. The van der Waals surface area contributed by atoms with Gasteiger partial charge in [-0.25, -0.2) is 0 Å². The maximum Gasteiger partial charge on any atom is 0.187 e. The molecule has 0 amide bonds. The third-order valence-electron chi connectivity index (χ3n) is 4.90. The lowest BCUT2D eigenvalue weighted by atomic mass is 9.90. The number of H-pyrrole nitrogens is 1. The first-order valence-corrected chi connectivity index (χ1v) is 7.70. The van der Waals surface area contributed by atoms with Gasteiger partial charge in [-0.05, 0) is 11.6 Å². The Labute approximate surface area is 139 Å². The molecule has 0 aliphatic heterocycles. The molecule has 0 bridgehead atoms. The Morgan fingerprint density at radius 2 is 1.75 bits per heavy atom. The Balaban J connectivity index is 1.83. The van der Waals surface area contributed by atoms with Crippen molar-refractivity contribution in [3.63, 3.8) is 0 Å². The van der Waals surface area contributed by atoms with Crippen LogP contribution in [-0.2, 0) is 0 Å². The lowest BCUT2D eigenvalue weighted by Gasteiger charge is -2.07. The molecule has 114 valence electrons. The first-order chi connectivity index (χ1) is 11.7. The predicted molar refractivity (Wildman–Crippen MR) is 89.0 cm³/mol. The molecule has 1 heterocycles. The Morgan fingerprint density at radius 3 is 2.46 bits per heavy atom. The molecule has 4 heteroatoms. The second-order valence-corrected chi connectivity index (χ2v) is 6.05. The van der Waals surface area contributed by atoms with Gasteiger partial charge in [0, 0.05) is 28.6 Å². The van der Waals surface area contributed by atoms with Crippen molar-refractivity contribution in [2.45, 2.75) is 5.92 Å². The smallest absolute Gasteiger partial charge is 0.187 e. The van der Waals surface area contributed by atoms with Gasteiger partial charge in [-0.3, -0.25) is 4.79 Å². The van der Waals surface area contributed by atoms with Crippen LogP contribution in [0.25, 0.3) is 10.9 Å². The Bertz CT molecular complexity index is 1020. The van der Waals surface area contributed by atoms with Gasteiger partial charge in [-0.15, -0.1) is 0 Å². The third-order valence-corrected chi connectivity index (χ3v) is 4.90. The SMILES string of the molecule is N#C[C@@H]1[C@@H](c2ccccc2)[C@@]1(C#N)C(=O)c1c[nH]c2ccccc12. The minimum absolute atomic E-state index is 0.275. The number of nitrogens with zero attached hydrogens (tertiary/aromatic N) is 2. The van der Waals surface area contributed by atoms with E-state index in [1.165, 1.54) is 0 Å². The van der Waals surface area contributed by atoms with Crippen molar-refractivity contribution in [3.05, 3.63) is 71.9 Å². The summed E-state index contributed by atoms with van der Waals surface area (Å²) in [7, 11) is 0. The summed E-state index contributed by atoms with van der Waals surface area (Å²) < 4.78 is 0. The zero-order chi connectivity index (χ0) is 16.7. The molecule has 1 N–H and O–H groups in total. The quantitative estimate of drug-likeness (QED) is 0.747. The molecule has 0 unspecified atom stereocenters. The van der Waals surface area contributed by atoms with Gasteiger partial charge < -0.3 is 4.98 Å². The summed E-state index contributed by atoms with van der Waals surface area (Å²) in [6.07, 6.45) is 1.64. The van der Waals surface area contributed by atoms with Gasteiger partial charge in [-0.1, -0.05) is 48.5 Å². The molecule has 3 atom stereocenters. The summed E-state index contributed by atoms with van der Waals surface area (Å²) in [6, 6.07) is 21.2. The zero-order valence-corrected chi connectivity index (χ0v) is 12.7. The van der Waals surface area contributed by atoms with Gasteiger partial charge in [0.2, 0.25) is 0 Å². The van der Waals surface area contributed by atoms with Crippen molar-refractivity contribution in [2.75, 3.05) is 0 Å². The molecule has 0 spiro atoms. The average Bonchev–Trinajstić information content (AvgIpc) is 3.13. The minimum atomic E-state index is -1.30. The van der Waals surface area contributed by atoms with Crippen LogP contribution in [0.1, 0.15) is 21.8 Å². The molecule has 24 heavy (non-hydrogen) atoms. The molecule has 3 aromatic rings. The number of carbonyl (C=O) groups excluding carboxylic acids is 1. The van der Waals surface area contributed by atoms with Gasteiger partial charge in [0.25, 0.3) is 0 Å². The number of para-hydroxylation sites is 1. The maximum absolute atomic E-state index is 13.2. The summed E-state index contributed by atoms with van der Waals surface area (Å²) >= 11 is 0. The highest BCUT2D eigenvalue weighted by molar-refractivity contribution is 6.14. The molecular formula is C20H13N3O. The summed E-state index contributed by atoms with van der Waals surface area (Å²) in [6.45, 7) is 0. The standard InChI is InChI=1S/C20H13N3O/c21-10-16-18(13-6-2-1-3-7-13)20(16,12-22)19(24)15-11-23-17-9-5-4-8-14(15)17/h1-9,11,16,18,23H/t16-,18-,20+/m1/s1. The maximum atomic E-state index is 13.2. The van der Waals surface area contributed by atoms with Gasteiger partial charge in [0.1, 0.15) is 5.41 Å². The Kier molecular flexibility index (Phi) is 3.01. The highest BCUT2D eigenvalue weighted by atomic mass is 16.1. The van der Waals surface area contributed by atoms with E-state index in [4.69, 9.17) is 0 Å². The van der Waals surface area contributed by atoms with E-state index in [0.717, 1.165) is 16.5 Å². The summed E-state index contributed by atoms with van der Waals surface area (Å²) in [4.78, 5) is 16.3. The van der Waals surface area contributed by atoms with Crippen molar-refractivity contribution in [2.24, 2.45) is 11.3 Å². The fourth-order valence-electron chi connectivity index (χ4n) is 3.63. The van der Waals surface area contributed by atoms with E-state index < -0.39 is 11.3 Å². The van der Waals surface area contributed by atoms with E-state index in [2.05, 4.69) is 17.1 Å². The number of aromatic nitrogens is 1. The van der Waals surface area contributed by atoms with Crippen molar-refractivity contribution < 1.29 is 4.79 Å². The monoisotopic (exact) mass is 311 g/mol. The molecule has 0 saturated heterocycles. The number of ketones is 1. The van der Waals surface area contributed by atoms with Gasteiger partial charge >= 0.3 is 0 Å². The van der Waals surface area contributed by atoms with Gasteiger partial charge in [0.05, 0.1) is 18.1 Å². The van der Waals surface area contributed by atoms with E-state index in [1.54, 1.807) is 6.20 Å². The number of hydrogen-bond acceptors (Lipinski definition) is 3. The van der Waals surface area contributed by atoms with Crippen LogP contribution in [0, 0.1) is 34.0 Å². The number of nitrogens with one attached hydrogen (secondary N) is 1. The summed E-state index contributed by atoms with van der Waals surface area (Å²) in [5.41, 5.74) is 0.880. The van der Waals surface area contributed by atoms with E-state index in [9.17, 15) is 15.3 Å². The number of fused-ring (bicyclic) bond motifs is 1. The Hall–Kier alpha value is -3.37. The number of hydrogen-bond donors (Lipinski definition) is 1.